The van der Waals surface area contributed by atoms with Gasteiger partial charge in [-0.1, -0.05) is 48.5 Å². The number of nitrogens with two attached hydrogens (primary N) is 3. The minimum atomic E-state index is -1.75. The van der Waals surface area contributed by atoms with Gasteiger partial charge in [0.15, 0.2) is 0 Å². The monoisotopic (exact) mass is 537 g/mol. The quantitative estimate of drug-likeness (QED) is 0.145. The van der Waals surface area contributed by atoms with Crippen molar-refractivity contribution in [2.75, 3.05) is 31.5 Å². The van der Waals surface area contributed by atoms with Crippen molar-refractivity contribution in [3.8, 4) is 0 Å². The van der Waals surface area contributed by atoms with Gasteiger partial charge < -0.3 is 42.9 Å². The van der Waals surface area contributed by atoms with Gasteiger partial charge in [-0.15, -0.1) is 0 Å². The molecule has 2 aromatic carbocycles. The number of amides is 3. The predicted molar refractivity (Wildman–Crippen MR) is 147 cm³/mol. The van der Waals surface area contributed by atoms with Gasteiger partial charge in [0.05, 0.1) is 29.9 Å². The normalized spacial score (nSPS) is 14.2. The molecule has 0 radical (unpaired) electrons. The van der Waals surface area contributed by atoms with Crippen LogP contribution in [-0.2, 0) is 14.4 Å². The number of aliphatic hydroxyl groups is 2. The molecule has 10 N–H and O–H groups in total. The summed E-state index contributed by atoms with van der Waals surface area (Å²) in [5.41, 5.74) is 18.5. The molecule has 4 unspecified atom stereocenters. The van der Waals surface area contributed by atoms with E-state index in [0.717, 1.165) is 5.39 Å². The molecule has 0 spiro atoms. The molecule has 0 saturated heterocycles. The van der Waals surface area contributed by atoms with Crippen molar-refractivity contribution in [3.63, 3.8) is 0 Å². The van der Waals surface area contributed by atoms with E-state index in [9.17, 15) is 24.6 Å². The maximum atomic E-state index is 13.3. The average molecular weight is 538 g/mol. The smallest absolute Gasteiger partial charge is 0.249 e. The summed E-state index contributed by atoms with van der Waals surface area (Å²) in [7, 11) is 0. The molecule has 0 bridgehead atoms. The molecule has 4 atom stereocenters. The lowest BCUT2D eigenvalue weighted by Gasteiger charge is -2.28. The van der Waals surface area contributed by atoms with Crippen LogP contribution in [0.2, 0.25) is 0 Å². The van der Waals surface area contributed by atoms with E-state index >= 15 is 0 Å². The first-order valence-electron chi connectivity index (χ1n) is 12.6. The van der Waals surface area contributed by atoms with Gasteiger partial charge in [0, 0.05) is 31.6 Å². The van der Waals surface area contributed by atoms with E-state index in [1.54, 1.807) is 36.4 Å². The second-order valence-corrected chi connectivity index (χ2v) is 9.01. The molecule has 12 heteroatoms. The Kier molecular flexibility index (Phi) is 10.8. The van der Waals surface area contributed by atoms with Gasteiger partial charge in [-0.05, 0) is 17.7 Å². The zero-order valence-electron chi connectivity index (χ0n) is 21.4. The van der Waals surface area contributed by atoms with Crippen LogP contribution in [0.3, 0.4) is 0 Å². The number of rotatable bonds is 13. The zero-order valence-corrected chi connectivity index (χ0v) is 21.4. The number of carbonyl (C=O) groups is 3. The topological polar surface area (TPSA) is 210 Å². The van der Waals surface area contributed by atoms with Crippen molar-refractivity contribution >= 4 is 34.3 Å². The number of para-hydroxylation sites is 1. The second kappa shape index (κ2) is 14.3. The predicted octanol–water partition coefficient (Wildman–Crippen LogP) is -0.784. The number of hydrogen-bond donors (Lipinski definition) is 7. The lowest BCUT2D eigenvalue weighted by atomic mass is 9.97. The Bertz CT molecular complexity index is 1250. The number of nitrogens with zero attached hydrogens (tertiary/aromatic N) is 2. The van der Waals surface area contributed by atoms with Gasteiger partial charge in [-0.2, -0.15) is 0 Å². The fourth-order valence-corrected chi connectivity index (χ4v) is 4.04. The molecule has 0 fully saturated rings. The van der Waals surface area contributed by atoms with Crippen LogP contribution in [0.4, 0.5) is 5.69 Å². The summed E-state index contributed by atoms with van der Waals surface area (Å²) >= 11 is 0. The Morgan fingerprint density at radius 1 is 0.923 bits per heavy atom. The van der Waals surface area contributed by atoms with Gasteiger partial charge in [0.1, 0.15) is 18.2 Å². The van der Waals surface area contributed by atoms with E-state index in [2.05, 4.69) is 15.6 Å². The Balaban J connectivity index is 1.79. The molecule has 3 rings (SSSR count). The van der Waals surface area contributed by atoms with E-state index in [1.165, 1.54) is 11.1 Å². The number of pyridine rings is 1. The van der Waals surface area contributed by atoms with Gasteiger partial charge in [0.25, 0.3) is 0 Å². The maximum Gasteiger partial charge on any atom is 0.249 e. The average Bonchev–Trinajstić information content (AvgIpc) is 2.95. The van der Waals surface area contributed by atoms with Crippen LogP contribution in [-0.4, -0.2) is 82.2 Å². The molecular weight excluding hydrogens is 502 g/mol. The second-order valence-electron chi connectivity index (χ2n) is 9.01. The first-order chi connectivity index (χ1) is 18.7. The zero-order chi connectivity index (χ0) is 28.4. The van der Waals surface area contributed by atoms with Gasteiger partial charge >= 0.3 is 0 Å². The van der Waals surface area contributed by atoms with Crippen molar-refractivity contribution in [1.82, 2.24) is 15.2 Å². The van der Waals surface area contributed by atoms with E-state index < -0.39 is 42.0 Å². The molecule has 3 aromatic rings. The van der Waals surface area contributed by atoms with Crippen molar-refractivity contribution in [3.05, 3.63) is 72.4 Å². The number of carbonyl (C=O) groups excluding carboxylic acids is 3. The highest BCUT2D eigenvalue weighted by Gasteiger charge is 2.36. The maximum absolute atomic E-state index is 13.3. The molecule has 1 aromatic heterocycles. The van der Waals surface area contributed by atoms with Crippen molar-refractivity contribution in [1.29, 1.82) is 0 Å². The summed E-state index contributed by atoms with van der Waals surface area (Å²) < 4.78 is 0. The molecule has 0 aliphatic rings. The van der Waals surface area contributed by atoms with Gasteiger partial charge in [-0.3, -0.25) is 19.4 Å². The summed E-state index contributed by atoms with van der Waals surface area (Å²) in [4.78, 5) is 44.6. The third-order valence-electron chi connectivity index (χ3n) is 6.13. The molecule has 12 nitrogen and oxygen atoms in total. The van der Waals surface area contributed by atoms with Gasteiger partial charge in [-0.25, -0.2) is 0 Å². The van der Waals surface area contributed by atoms with Crippen molar-refractivity contribution < 1.29 is 24.6 Å². The fourth-order valence-electron chi connectivity index (χ4n) is 4.04. The summed E-state index contributed by atoms with van der Waals surface area (Å²) in [5, 5.41) is 27.6. The van der Waals surface area contributed by atoms with Crippen LogP contribution >= 0.6 is 0 Å². The highest BCUT2D eigenvalue weighted by Crippen LogP contribution is 2.21. The molecular formula is C27H35N7O5. The Hall–Kier alpha value is -3.94. The number of anilines is 1. The van der Waals surface area contributed by atoms with E-state index in [1.807, 2.05) is 24.3 Å². The lowest BCUT2D eigenvalue weighted by molar-refractivity contribution is -0.136. The molecule has 39 heavy (non-hydrogen) atoms. The van der Waals surface area contributed by atoms with Crippen molar-refractivity contribution in [2.24, 2.45) is 17.2 Å². The number of aliphatic hydroxyl groups excluding tert-OH is 2. The SMILES string of the molecule is NCCN(CCN)C(=O)CC(N)C(=O)NC(C(=O)Nc1cnc2ccccc2c1)C(O)C(O)c1ccccc1. The van der Waals surface area contributed by atoms with E-state index in [0.29, 0.717) is 16.8 Å². The largest absolute Gasteiger partial charge is 0.387 e. The highest BCUT2D eigenvalue weighted by molar-refractivity contribution is 6.00. The minimum absolute atomic E-state index is 0.211. The van der Waals surface area contributed by atoms with Gasteiger partial charge in [0.2, 0.25) is 17.7 Å². The Labute approximate surface area is 226 Å². The first-order valence-corrected chi connectivity index (χ1v) is 12.6. The van der Waals surface area contributed by atoms with Crippen molar-refractivity contribution in [2.45, 2.75) is 30.7 Å². The molecule has 3 amide bonds. The summed E-state index contributed by atoms with van der Waals surface area (Å²) in [6.45, 7) is 0.916. The molecule has 0 aliphatic heterocycles. The first kappa shape index (κ1) is 29.6. The summed E-state index contributed by atoms with van der Waals surface area (Å²) in [6.07, 6.45) is -2.20. The van der Waals surface area contributed by atoms with Crippen LogP contribution < -0.4 is 27.8 Å². The third kappa shape index (κ3) is 8.02. The number of hydrogen-bond acceptors (Lipinski definition) is 9. The summed E-state index contributed by atoms with van der Waals surface area (Å²) in [6, 6.07) is 14.2. The van der Waals surface area contributed by atoms with Crippen LogP contribution in [0.15, 0.2) is 66.9 Å². The summed E-state index contributed by atoms with van der Waals surface area (Å²) in [5.74, 6) is -2.10. The van der Waals surface area contributed by atoms with Crippen LogP contribution in [0.1, 0.15) is 18.1 Å². The third-order valence-corrected chi connectivity index (χ3v) is 6.13. The Morgan fingerprint density at radius 3 is 2.23 bits per heavy atom. The molecule has 208 valence electrons. The Morgan fingerprint density at radius 2 is 1.56 bits per heavy atom. The molecule has 0 saturated carbocycles. The standard InChI is InChI=1S/C27H35N7O5/c28-10-12-34(13-11-29)22(35)15-20(30)26(38)33-23(25(37)24(36)17-6-2-1-3-7-17)27(39)32-19-14-18-8-4-5-9-21(18)31-16-19/h1-9,14,16,20,23-25,36-37H,10-13,15,28-30H2,(H,32,39)(H,33,38). The molecule has 1 heterocycles. The van der Waals surface area contributed by atoms with Crippen LogP contribution in [0.5, 0.6) is 0 Å². The minimum Gasteiger partial charge on any atom is -0.387 e. The van der Waals surface area contributed by atoms with E-state index in [4.69, 9.17) is 17.2 Å². The van der Waals surface area contributed by atoms with Crippen LogP contribution in [0, 0.1) is 0 Å². The fraction of sp³-hybridized carbons (Fsp3) is 0.333. The molecule has 0 aliphatic carbocycles. The van der Waals surface area contributed by atoms with E-state index in [-0.39, 0.29) is 32.6 Å². The number of fused-ring (bicyclic) bond motifs is 1. The number of benzene rings is 2. The highest BCUT2D eigenvalue weighted by atomic mass is 16.3. The lowest BCUT2D eigenvalue weighted by Crippen LogP contribution is -2.57. The number of nitrogens with one attached hydrogen (secondary N) is 2. The number of aromatic nitrogens is 1. The van der Waals surface area contributed by atoms with Crippen LogP contribution in [0.25, 0.3) is 10.9 Å².